The molecular formula is C18H15BrN2O2. The van der Waals surface area contributed by atoms with Crippen LogP contribution in [-0.2, 0) is 0 Å². The van der Waals surface area contributed by atoms with E-state index in [1.165, 1.54) is 0 Å². The third-order valence-electron chi connectivity index (χ3n) is 4.47. The normalized spacial score (nSPS) is 19.5. The Morgan fingerprint density at radius 3 is 2.70 bits per heavy atom. The molecule has 0 spiro atoms. The molecule has 2 amide bonds. The first kappa shape index (κ1) is 14.5. The number of nitrogens with zero attached hydrogens (tertiary/aromatic N) is 2. The zero-order chi connectivity index (χ0) is 16.0. The van der Waals surface area contributed by atoms with Gasteiger partial charge in [0.15, 0.2) is 0 Å². The first-order valence-corrected chi connectivity index (χ1v) is 8.45. The van der Waals surface area contributed by atoms with Gasteiger partial charge in [-0.1, -0.05) is 34.1 Å². The summed E-state index contributed by atoms with van der Waals surface area (Å²) in [6, 6.07) is 14.8. The minimum Gasteiger partial charge on any atom is -0.318 e. The number of halogens is 1. The number of hydrogen-bond donors (Lipinski definition) is 0. The fourth-order valence-corrected chi connectivity index (χ4v) is 3.78. The maximum absolute atomic E-state index is 13.1. The summed E-state index contributed by atoms with van der Waals surface area (Å²) >= 11 is 3.42. The van der Waals surface area contributed by atoms with E-state index >= 15 is 0 Å². The number of carbonyl (C=O) groups excluding carboxylic acids is 2. The molecule has 116 valence electrons. The van der Waals surface area contributed by atoms with Crippen molar-refractivity contribution in [3.63, 3.8) is 0 Å². The summed E-state index contributed by atoms with van der Waals surface area (Å²) in [6.07, 6.45) is 1.56. The highest BCUT2D eigenvalue weighted by molar-refractivity contribution is 9.10. The van der Waals surface area contributed by atoms with Crippen LogP contribution in [0.1, 0.15) is 33.6 Å². The molecule has 1 atom stereocenters. The second-order valence-electron chi connectivity index (χ2n) is 5.82. The quantitative estimate of drug-likeness (QED) is 0.768. The number of rotatable bonds is 1. The first-order valence-electron chi connectivity index (χ1n) is 7.66. The maximum Gasteiger partial charge on any atom is 0.259 e. The van der Waals surface area contributed by atoms with Crippen molar-refractivity contribution in [3.05, 3.63) is 64.1 Å². The highest BCUT2D eigenvalue weighted by Crippen LogP contribution is 2.38. The van der Waals surface area contributed by atoms with Crippen LogP contribution in [0.2, 0.25) is 0 Å². The van der Waals surface area contributed by atoms with E-state index in [-0.39, 0.29) is 18.0 Å². The van der Waals surface area contributed by atoms with E-state index in [0.717, 1.165) is 17.3 Å². The lowest BCUT2D eigenvalue weighted by Gasteiger charge is -2.40. The van der Waals surface area contributed by atoms with E-state index in [0.29, 0.717) is 23.4 Å². The highest BCUT2D eigenvalue weighted by atomic mass is 79.9. The van der Waals surface area contributed by atoms with Crippen LogP contribution in [0.4, 0.5) is 5.69 Å². The van der Waals surface area contributed by atoms with Crippen LogP contribution in [0.25, 0.3) is 0 Å². The molecule has 1 saturated heterocycles. The van der Waals surface area contributed by atoms with E-state index in [1.807, 2.05) is 47.4 Å². The van der Waals surface area contributed by atoms with Crippen LogP contribution in [0.5, 0.6) is 0 Å². The lowest BCUT2D eigenvalue weighted by Crippen LogP contribution is -2.54. The molecule has 0 saturated carbocycles. The van der Waals surface area contributed by atoms with Crippen LogP contribution < -0.4 is 4.90 Å². The molecule has 5 heteroatoms. The van der Waals surface area contributed by atoms with Crippen LogP contribution in [0, 0.1) is 0 Å². The van der Waals surface area contributed by atoms with Gasteiger partial charge in [0.05, 0.1) is 11.3 Å². The van der Waals surface area contributed by atoms with E-state index < -0.39 is 0 Å². The standard InChI is InChI=1S/C18H15BrN2O2/c19-13-8-9-15-14(11-13)18(23)20-10-4-7-16(20)21(15)17(22)12-5-2-1-3-6-12/h1-3,5-6,8-9,11,16H,4,7,10H2. The Hall–Kier alpha value is -2.14. The number of amides is 2. The second kappa shape index (κ2) is 5.49. The van der Waals surface area contributed by atoms with Gasteiger partial charge in [0.1, 0.15) is 6.17 Å². The molecule has 4 rings (SSSR count). The summed E-state index contributed by atoms with van der Waals surface area (Å²) < 4.78 is 0.842. The number of benzene rings is 2. The van der Waals surface area contributed by atoms with E-state index in [4.69, 9.17) is 0 Å². The predicted octanol–water partition coefficient (Wildman–Crippen LogP) is 3.67. The number of anilines is 1. The average molecular weight is 371 g/mol. The lowest BCUT2D eigenvalue weighted by atomic mass is 10.0. The zero-order valence-corrected chi connectivity index (χ0v) is 14.0. The summed E-state index contributed by atoms with van der Waals surface area (Å²) in [6.45, 7) is 0.702. The van der Waals surface area contributed by atoms with Gasteiger partial charge in [-0.05, 0) is 43.2 Å². The van der Waals surface area contributed by atoms with E-state index in [1.54, 1.807) is 11.0 Å². The zero-order valence-electron chi connectivity index (χ0n) is 12.4. The Labute approximate surface area is 142 Å². The van der Waals surface area contributed by atoms with Gasteiger partial charge in [-0.3, -0.25) is 14.5 Å². The largest absolute Gasteiger partial charge is 0.318 e. The molecule has 2 heterocycles. The van der Waals surface area contributed by atoms with Crippen LogP contribution in [-0.4, -0.2) is 29.4 Å². The minimum atomic E-state index is -0.177. The Bertz CT molecular complexity index is 791. The Morgan fingerprint density at radius 2 is 1.91 bits per heavy atom. The molecule has 2 aromatic rings. The lowest BCUT2D eigenvalue weighted by molar-refractivity contribution is 0.0698. The highest BCUT2D eigenvalue weighted by Gasteiger charge is 2.43. The van der Waals surface area contributed by atoms with E-state index in [2.05, 4.69) is 15.9 Å². The molecule has 0 N–H and O–H groups in total. The first-order chi connectivity index (χ1) is 11.2. The van der Waals surface area contributed by atoms with Crippen molar-refractivity contribution in [1.29, 1.82) is 0 Å². The van der Waals surface area contributed by atoms with Gasteiger partial charge in [0, 0.05) is 16.6 Å². The fourth-order valence-electron chi connectivity index (χ4n) is 3.42. The van der Waals surface area contributed by atoms with Gasteiger partial charge in [-0.25, -0.2) is 0 Å². The SMILES string of the molecule is O=C1c2cc(Br)ccc2N(C(=O)c2ccccc2)C2CCCN12. The molecule has 0 radical (unpaired) electrons. The molecule has 0 aromatic heterocycles. The molecule has 2 aromatic carbocycles. The summed E-state index contributed by atoms with van der Waals surface area (Å²) in [5.74, 6) is -0.0421. The Morgan fingerprint density at radius 1 is 1.13 bits per heavy atom. The van der Waals surface area contributed by atoms with Gasteiger partial charge in [0.2, 0.25) is 0 Å². The second-order valence-corrected chi connectivity index (χ2v) is 6.74. The third-order valence-corrected chi connectivity index (χ3v) is 4.96. The number of hydrogen-bond acceptors (Lipinski definition) is 2. The van der Waals surface area contributed by atoms with Crippen LogP contribution in [0.15, 0.2) is 53.0 Å². The van der Waals surface area contributed by atoms with Crippen molar-refractivity contribution in [2.75, 3.05) is 11.4 Å². The minimum absolute atomic E-state index is 0.0147. The molecule has 1 unspecified atom stereocenters. The van der Waals surface area contributed by atoms with E-state index in [9.17, 15) is 9.59 Å². The van der Waals surface area contributed by atoms with Crippen molar-refractivity contribution >= 4 is 33.4 Å². The van der Waals surface area contributed by atoms with Crippen molar-refractivity contribution in [1.82, 2.24) is 4.90 Å². The summed E-state index contributed by atoms with van der Waals surface area (Å²) in [4.78, 5) is 29.4. The summed E-state index contributed by atoms with van der Waals surface area (Å²) in [7, 11) is 0. The van der Waals surface area contributed by atoms with Gasteiger partial charge in [-0.15, -0.1) is 0 Å². The van der Waals surface area contributed by atoms with Crippen molar-refractivity contribution in [2.45, 2.75) is 19.0 Å². The van der Waals surface area contributed by atoms with Gasteiger partial charge < -0.3 is 4.90 Å². The summed E-state index contributed by atoms with van der Waals surface area (Å²) in [5, 5.41) is 0. The third kappa shape index (κ3) is 2.27. The average Bonchev–Trinajstić information content (AvgIpc) is 3.06. The Kier molecular flexibility index (Phi) is 3.45. The van der Waals surface area contributed by atoms with Gasteiger partial charge >= 0.3 is 0 Å². The van der Waals surface area contributed by atoms with Crippen LogP contribution in [0.3, 0.4) is 0 Å². The Balaban J connectivity index is 1.86. The van der Waals surface area contributed by atoms with Crippen molar-refractivity contribution in [2.24, 2.45) is 0 Å². The molecular weight excluding hydrogens is 356 g/mol. The smallest absolute Gasteiger partial charge is 0.259 e. The molecule has 2 aliphatic heterocycles. The molecule has 0 aliphatic carbocycles. The van der Waals surface area contributed by atoms with Crippen molar-refractivity contribution in [3.8, 4) is 0 Å². The fraction of sp³-hybridized carbons (Fsp3) is 0.222. The summed E-state index contributed by atoms with van der Waals surface area (Å²) in [5.41, 5.74) is 1.93. The molecule has 2 aliphatic rings. The molecule has 0 bridgehead atoms. The topological polar surface area (TPSA) is 40.6 Å². The van der Waals surface area contributed by atoms with Gasteiger partial charge in [0.25, 0.3) is 11.8 Å². The van der Waals surface area contributed by atoms with Gasteiger partial charge in [-0.2, -0.15) is 0 Å². The molecule has 1 fully saturated rings. The number of carbonyl (C=O) groups is 2. The molecule has 4 nitrogen and oxygen atoms in total. The molecule has 23 heavy (non-hydrogen) atoms. The monoisotopic (exact) mass is 370 g/mol. The maximum atomic E-state index is 13.1. The van der Waals surface area contributed by atoms with Crippen molar-refractivity contribution < 1.29 is 9.59 Å². The number of fused-ring (bicyclic) bond motifs is 2. The van der Waals surface area contributed by atoms with Crippen LogP contribution >= 0.6 is 15.9 Å². The predicted molar refractivity (Wildman–Crippen MR) is 91.5 cm³/mol.